The van der Waals surface area contributed by atoms with E-state index < -0.39 is 33.2 Å². The van der Waals surface area contributed by atoms with Gasteiger partial charge < -0.3 is 20.3 Å². The number of aliphatic carboxylic acids is 1. The van der Waals surface area contributed by atoms with E-state index in [1.54, 1.807) is 0 Å². The molecule has 3 N–H and O–H groups in total. The van der Waals surface area contributed by atoms with Gasteiger partial charge >= 0.3 is 11.9 Å². The Hall–Kier alpha value is -1.23. The van der Waals surface area contributed by atoms with Gasteiger partial charge in [-0.1, -0.05) is 55.4 Å². The maximum atomic E-state index is 13.7. The number of nitrogens with one attached hydrogen (secondary N) is 1. The molecule has 0 spiro atoms. The predicted molar refractivity (Wildman–Crippen MR) is 218 cm³/mol. The second-order valence-electron chi connectivity index (χ2n) is 23.3. The van der Waals surface area contributed by atoms with Gasteiger partial charge in [-0.05, 0) is 147 Å². The van der Waals surface area contributed by atoms with Crippen LogP contribution in [0, 0.1) is 73.9 Å². The van der Waals surface area contributed by atoms with Crippen LogP contribution in [0.5, 0.6) is 0 Å². The number of nitrogens with zero attached hydrogens (tertiary/aromatic N) is 1. The van der Waals surface area contributed by atoms with E-state index in [9.17, 15) is 28.2 Å². The van der Waals surface area contributed by atoms with Gasteiger partial charge in [-0.15, -0.1) is 0 Å². The highest BCUT2D eigenvalue weighted by Gasteiger charge is 2.72. The van der Waals surface area contributed by atoms with E-state index in [0.717, 1.165) is 19.3 Å². The lowest BCUT2D eigenvalue weighted by Gasteiger charge is -2.73. The minimum atomic E-state index is -2.99. The largest absolute Gasteiger partial charge is 0.481 e. The Labute approximate surface area is 338 Å². The molecule has 10 heteroatoms. The number of carbonyl (C=O) groups is 2. The highest BCUT2D eigenvalue weighted by molar-refractivity contribution is 7.91. The van der Waals surface area contributed by atoms with Crippen molar-refractivity contribution in [3.63, 3.8) is 0 Å². The van der Waals surface area contributed by atoms with Gasteiger partial charge in [0.15, 0.2) is 9.84 Å². The van der Waals surface area contributed by atoms with E-state index in [4.69, 9.17) is 4.74 Å². The number of fused-ring (bicyclic) bond motifs is 7. The van der Waals surface area contributed by atoms with Crippen molar-refractivity contribution in [1.82, 2.24) is 10.2 Å². The summed E-state index contributed by atoms with van der Waals surface area (Å²) in [4.78, 5) is 27.7. The molecule has 0 amide bonds. The number of hydrogen-bond donors (Lipinski definition) is 3. The zero-order valence-electron chi connectivity index (χ0n) is 36.3. The normalized spacial score (nSPS) is 48.1. The number of rotatable bonds is 9. The van der Waals surface area contributed by atoms with Crippen LogP contribution in [-0.2, 0) is 24.2 Å². The lowest BCUT2D eigenvalue weighted by molar-refractivity contribution is -0.250. The molecule has 0 aromatic heterocycles. The summed E-state index contributed by atoms with van der Waals surface area (Å²) in [6, 6.07) is -0.0903. The van der Waals surface area contributed by atoms with Crippen molar-refractivity contribution in [2.24, 2.45) is 73.9 Å². The monoisotopic (exact) mass is 801 g/mol. The van der Waals surface area contributed by atoms with Crippen molar-refractivity contribution < 1.29 is 33.0 Å². The highest BCUT2D eigenvalue weighted by atomic mass is 32.2. The van der Waals surface area contributed by atoms with Crippen molar-refractivity contribution in [3.05, 3.63) is 0 Å². The molecule has 8 fully saturated rings. The second-order valence-corrected chi connectivity index (χ2v) is 25.6. The molecule has 0 aromatic rings. The fraction of sp³-hybridized carbons (Fsp3) is 0.957. The molecular formula is C46H76N2O7S. The molecule has 0 bridgehead atoms. The third kappa shape index (κ3) is 6.06. The van der Waals surface area contributed by atoms with Gasteiger partial charge in [-0.2, -0.15) is 0 Å². The number of carboxylic acids is 1. The molecule has 8 aliphatic rings. The first-order valence-corrected chi connectivity index (χ1v) is 24.6. The van der Waals surface area contributed by atoms with Gasteiger partial charge in [0, 0.05) is 36.6 Å². The first kappa shape index (κ1) is 41.5. The highest BCUT2D eigenvalue weighted by Crippen LogP contribution is 2.78. The van der Waals surface area contributed by atoms with Crippen LogP contribution in [0.1, 0.15) is 146 Å². The maximum Gasteiger partial charge on any atom is 0.309 e. The van der Waals surface area contributed by atoms with Gasteiger partial charge in [0.1, 0.15) is 6.10 Å². The Bertz CT molecular complexity index is 1680. The summed E-state index contributed by atoms with van der Waals surface area (Å²) in [6.07, 6.45) is 14.1. The maximum absolute atomic E-state index is 13.7. The molecule has 1 aliphatic heterocycles. The van der Waals surface area contributed by atoms with Gasteiger partial charge in [0.05, 0.1) is 29.4 Å². The fourth-order valence-electron chi connectivity index (χ4n) is 16.4. The summed E-state index contributed by atoms with van der Waals surface area (Å²) >= 11 is 0. The van der Waals surface area contributed by atoms with E-state index in [1.165, 1.54) is 57.8 Å². The Morgan fingerprint density at radius 3 is 2.05 bits per heavy atom. The zero-order chi connectivity index (χ0) is 40.6. The molecule has 9 nitrogen and oxygen atoms in total. The number of aliphatic hydroxyl groups is 1. The summed E-state index contributed by atoms with van der Waals surface area (Å²) < 4.78 is 31.0. The summed E-state index contributed by atoms with van der Waals surface area (Å²) in [5, 5.41) is 25.0. The summed E-state index contributed by atoms with van der Waals surface area (Å²) in [5.74, 6) is 1.54. The topological polar surface area (TPSA) is 133 Å². The Morgan fingerprint density at radius 2 is 1.45 bits per heavy atom. The van der Waals surface area contributed by atoms with Crippen molar-refractivity contribution in [3.8, 4) is 0 Å². The lowest BCUT2D eigenvalue weighted by atomic mass is 9.32. The quantitative estimate of drug-likeness (QED) is 0.205. The summed E-state index contributed by atoms with van der Waals surface area (Å²) in [6.45, 7) is 22.7. The lowest BCUT2D eigenvalue weighted by Crippen LogP contribution is -2.69. The number of sulfone groups is 1. The van der Waals surface area contributed by atoms with Crippen LogP contribution in [-0.4, -0.2) is 90.4 Å². The molecule has 1 heterocycles. The van der Waals surface area contributed by atoms with E-state index in [2.05, 4.69) is 51.8 Å². The smallest absolute Gasteiger partial charge is 0.309 e. The SMILES string of the molecule is C[C@@H](O)C(CN[C@]12CC[C@@H](C3(C)CC3)[C@@H]1[C@H]1CC[C@@H]3[C@@]4(C)CC[C@H](OC(=O)[C@H]5C[C@@H](C(=O)O)C5(C)C)C(C)(C)[C@@H]4CC[C@@]3(C)[C@]1(C)CC2)N1CCS(=O)(=O)CC1. The molecule has 7 aliphatic carbocycles. The standard InChI is InChI=1S/C46H76N2O7S/c1-28(49)33(48-22-24-56(53,54)25-23-48)27-47-46-17-12-29(42(6)18-19-42)37(46)30-10-11-35-43(7)15-14-36(55-39(52)32-26-31(38(50)51)40(32,2)3)41(4,5)34(43)13-16-45(35,9)44(30,8)20-21-46/h28-37,47,49H,10-27H2,1-9H3,(H,50,51)/t28-,29-,30-,31+,32-,33?,34+,35-,36+,37-,43+,44-,45-,46+/m1/s1. The number of aliphatic hydroxyl groups excluding tert-OH is 1. The van der Waals surface area contributed by atoms with Crippen LogP contribution < -0.4 is 5.32 Å². The van der Waals surface area contributed by atoms with Crippen LogP contribution in [0.3, 0.4) is 0 Å². The van der Waals surface area contributed by atoms with Gasteiger partial charge in [0.2, 0.25) is 0 Å². The average Bonchev–Trinajstić information content (AvgIpc) is 3.72. The first-order chi connectivity index (χ1) is 26.0. The van der Waals surface area contributed by atoms with Crippen LogP contribution in [0.15, 0.2) is 0 Å². The summed E-state index contributed by atoms with van der Waals surface area (Å²) in [7, 11) is -2.99. The first-order valence-electron chi connectivity index (χ1n) is 22.8. The number of esters is 1. The molecule has 1 saturated heterocycles. The molecule has 56 heavy (non-hydrogen) atoms. The summed E-state index contributed by atoms with van der Waals surface area (Å²) in [5.41, 5.74) is 0.343. The van der Waals surface area contributed by atoms with Crippen LogP contribution in [0.4, 0.5) is 0 Å². The number of carbonyl (C=O) groups excluding carboxylic acids is 1. The number of ether oxygens (including phenoxy) is 1. The molecular weight excluding hydrogens is 725 g/mol. The second kappa shape index (κ2) is 13.4. The van der Waals surface area contributed by atoms with Gasteiger partial charge in [0.25, 0.3) is 0 Å². The van der Waals surface area contributed by atoms with Crippen LogP contribution in [0.2, 0.25) is 0 Å². The molecule has 0 aromatic carbocycles. The van der Waals surface area contributed by atoms with E-state index in [0.29, 0.717) is 61.1 Å². The minimum absolute atomic E-state index is 0.0587. The molecule has 0 radical (unpaired) electrons. The van der Waals surface area contributed by atoms with E-state index in [-0.39, 0.29) is 62.7 Å². The van der Waals surface area contributed by atoms with Crippen molar-refractivity contribution in [2.45, 2.75) is 170 Å². The zero-order valence-corrected chi connectivity index (χ0v) is 37.1. The molecule has 1 unspecified atom stereocenters. The molecule has 7 saturated carbocycles. The van der Waals surface area contributed by atoms with Crippen LogP contribution in [0.25, 0.3) is 0 Å². The van der Waals surface area contributed by atoms with Crippen molar-refractivity contribution >= 4 is 21.8 Å². The van der Waals surface area contributed by atoms with Gasteiger partial charge in [-0.3, -0.25) is 14.5 Å². The Morgan fingerprint density at radius 1 is 0.768 bits per heavy atom. The predicted octanol–water partition coefficient (Wildman–Crippen LogP) is 7.35. The number of carboxylic acid groups (broad SMARTS) is 1. The fourth-order valence-corrected chi connectivity index (χ4v) is 17.6. The van der Waals surface area contributed by atoms with E-state index in [1.807, 2.05) is 20.8 Å². The molecule has 318 valence electrons. The Kier molecular flexibility index (Phi) is 9.92. The van der Waals surface area contributed by atoms with Crippen molar-refractivity contribution in [1.29, 1.82) is 0 Å². The van der Waals surface area contributed by atoms with E-state index >= 15 is 0 Å². The average molecular weight is 801 g/mol. The molecule has 8 rings (SSSR count). The Balaban J connectivity index is 1.02. The van der Waals surface area contributed by atoms with Crippen LogP contribution >= 0.6 is 0 Å². The minimum Gasteiger partial charge on any atom is -0.481 e. The third-order valence-electron chi connectivity index (χ3n) is 20.5. The molecule has 14 atom stereocenters. The number of hydrogen-bond acceptors (Lipinski definition) is 8. The third-order valence-corrected chi connectivity index (χ3v) is 22.1. The van der Waals surface area contributed by atoms with Gasteiger partial charge in [-0.25, -0.2) is 8.42 Å². The van der Waals surface area contributed by atoms with Crippen molar-refractivity contribution in [2.75, 3.05) is 31.1 Å².